The van der Waals surface area contributed by atoms with Crippen molar-refractivity contribution < 1.29 is 9.53 Å². The lowest BCUT2D eigenvalue weighted by Crippen LogP contribution is -2.37. The predicted octanol–water partition coefficient (Wildman–Crippen LogP) is 4.14. The smallest absolute Gasteiger partial charge is 0.329 e. The molecular weight excluding hydrogens is 444 g/mol. The number of pyridine rings is 1. The number of likely N-dealkylation sites (tertiary alicyclic amines) is 1. The van der Waals surface area contributed by atoms with E-state index in [-0.39, 0.29) is 23.3 Å². The van der Waals surface area contributed by atoms with E-state index < -0.39 is 11.2 Å². The fourth-order valence-corrected chi connectivity index (χ4v) is 5.16. The van der Waals surface area contributed by atoms with Gasteiger partial charge in [0.15, 0.2) is 5.65 Å². The van der Waals surface area contributed by atoms with Crippen molar-refractivity contribution in [1.82, 2.24) is 19.4 Å². The van der Waals surface area contributed by atoms with Crippen LogP contribution in [0.15, 0.2) is 39.9 Å². The number of aryl methyl sites for hydroxylation is 1. The Morgan fingerprint density at radius 3 is 2.57 bits per heavy atom. The molecule has 1 atom stereocenters. The van der Waals surface area contributed by atoms with E-state index >= 15 is 0 Å². The summed E-state index contributed by atoms with van der Waals surface area (Å²) in [5, 5.41) is 0.213. The Bertz CT molecular complexity index is 1350. The number of carbonyl (C=O) groups is 1. The molecule has 1 amide bonds. The van der Waals surface area contributed by atoms with Gasteiger partial charge >= 0.3 is 5.69 Å². The minimum atomic E-state index is -0.550. The van der Waals surface area contributed by atoms with Crippen LogP contribution in [0.25, 0.3) is 11.0 Å². The summed E-state index contributed by atoms with van der Waals surface area (Å²) in [6.45, 7) is 3.01. The summed E-state index contributed by atoms with van der Waals surface area (Å²) in [4.78, 5) is 49.0. The van der Waals surface area contributed by atoms with Crippen molar-refractivity contribution in [2.24, 2.45) is 0 Å². The number of benzene rings is 1. The number of nitrogens with one attached hydrogen (secondary N) is 1. The zero-order valence-electron chi connectivity index (χ0n) is 20.4. The van der Waals surface area contributed by atoms with Gasteiger partial charge in [-0.15, -0.1) is 0 Å². The standard InChI is InChI=1S/C27H32N4O4/c1-3-14-31-24-23(25(32)29-27(31)34)20(16-21(28-24)17-8-9-17)26(33)30-15-6-4-5-7-22(30)18-10-12-19(35-2)13-11-18/h10-13,16-17,22H,3-9,14-15H2,1-2H3,(H,29,32,34). The molecule has 35 heavy (non-hydrogen) atoms. The quantitative estimate of drug-likeness (QED) is 0.577. The second kappa shape index (κ2) is 9.68. The monoisotopic (exact) mass is 476 g/mol. The third kappa shape index (κ3) is 4.49. The van der Waals surface area contributed by atoms with Gasteiger partial charge in [0.05, 0.1) is 24.1 Å². The van der Waals surface area contributed by atoms with Gasteiger partial charge < -0.3 is 9.64 Å². The first-order valence-corrected chi connectivity index (χ1v) is 12.6. The van der Waals surface area contributed by atoms with Crippen LogP contribution in [0, 0.1) is 0 Å². The van der Waals surface area contributed by atoms with Crippen molar-refractivity contribution in [3.8, 4) is 5.75 Å². The van der Waals surface area contributed by atoms with Crippen LogP contribution in [0.1, 0.15) is 85.4 Å². The summed E-state index contributed by atoms with van der Waals surface area (Å²) >= 11 is 0. The molecule has 184 valence electrons. The highest BCUT2D eigenvalue weighted by Gasteiger charge is 2.33. The average molecular weight is 477 g/mol. The Hall–Kier alpha value is -3.42. The first-order valence-electron chi connectivity index (χ1n) is 12.6. The molecule has 1 saturated heterocycles. The van der Waals surface area contributed by atoms with Gasteiger partial charge in [0.25, 0.3) is 11.5 Å². The van der Waals surface area contributed by atoms with Crippen molar-refractivity contribution in [3.05, 3.63) is 68.0 Å². The average Bonchev–Trinajstić information content (AvgIpc) is 3.73. The fourth-order valence-electron chi connectivity index (χ4n) is 5.16. The number of carbonyl (C=O) groups excluding carboxylic acids is 1. The molecule has 2 fully saturated rings. The van der Waals surface area contributed by atoms with Crippen LogP contribution in [-0.4, -0.2) is 39.0 Å². The van der Waals surface area contributed by atoms with Crippen LogP contribution in [0.2, 0.25) is 0 Å². The van der Waals surface area contributed by atoms with Crippen molar-refractivity contribution in [2.75, 3.05) is 13.7 Å². The maximum Gasteiger partial charge on any atom is 0.329 e. The van der Waals surface area contributed by atoms with E-state index in [4.69, 9.17) is 9.72 Å². The van der Waals surface area contributed by atoms with Gasteiger partial charge in [-0.05, 0) is 55.9 Å². The second-order valence-electron chi connectivity index (χ2n) is 9.62. The van der Waals surface area contributed by atoms with Gasteiger partial charge in [0, 0.05) is 24.7 Å². The maximum absolute atomic E-state index is 14.2. The molecule has 3 aromatic rings. The SMILES string of the molecule is CCCn1c(=O)[nH]c(=O)c2c(C(=O)N3CCCCCC3c3ccc(OC)cc3)cc(C3CC3)nc21. The van der Waals surface area contributed by atoms with Crippen LogP contribution in [0.3, 0.4) is 0 Å². The molecule has 1 aliphatic carbocycles. The van der Waals surface area contributed by atoms with E-state index in [1.807, 2.05) is 36.1 Å². The van der Waals surface area contributed by atoms with Crippen molar-refractivity contribution in [1.29, 1.82) is 0 Å². The molecule has 0 radical (unpaired) electrons. The van der Waals surface area contributed by atoms with E-state index in [2.05, 4.69) is 4.98 Å². The summed E-state index contributed by atoms with van der Waals surface area (Å²) in [5.74, 6) is 0.876. The Morgan fingerprint density at radius 2 is 1.89 bits per heavy atom. The summed E-state index contributed by atoms with van der Waals surface area (Å²) in [5.41, 5.74) is 1.50. The number of H-pyrrole nitrogens is 1. The highest BCUT2D eigenvalue weighted by molar-refractivity contribution is 6.05. The number of fused-ring (bicyclic) bond motifs is 1. The zero-order valence-corrected chi connectivity index (χ0v) is 20.4. The number of amides is 1. The molecule has 1 aromatic carbocycles. The first kappa shape index (κ1) is 23.3. The predicted molar refractivity (Wildman–Crippen MR) is 134 cm³/mol. The van der Waals surface area contributed by atoms with Gasteiger partial charge in [-0.2, -0.15) is 0 Å². The van der Waals surface area contributed by atoms with Gasteiger partial charge in [-0.3, -0.25) is 19.1 Å². The topological polar surface area (TPSA) is 97.3 Å². The highest BCUT2D eigenvalue weighted by atomic mass is 16.5. The number of aromatic amines is 1. The summed E-state index contributed by atoms with van der Waals surface area (Å²) in [6, 6.07) is 9.58. The number of aromatic nitrogens is 3. The Labute approximate surface area is 203 Å². The lowest BCUT2D eigenvalue weighted by molar-refractivity contribution is 0.0682. The first-order chi connectivity index (χ1) is 17.0. The second-order valence-corrected chi connectivity index (χ2v) is 9.62. The van der Waals surface area contributed by atoms with E-state index in [9.17, 15) is 14.4 Å². The largest absolute Gasteiger partial charge is 0.497 e. The molecule has 1 N–H and O–H groups in total. The minimum Gasteiger partial charge on any atom is -0.497 e. The van der Waals surface area contributed by atoms with E-state index in [0.29, 0.717) is 30.7 Å². The van der Waals surface area contributed by atoms with Crippen molar-refractivity contribution >= 4 is 16.9 Å². The minimum absolute atomic E-state index is 0.0934. The number of hydrogen-bond acceptors (Lipinski definition) is 5. The molecule has 0 bridgehead atoms. The van der Waals surface area contributed by atoms with E-state index in [1.54, 1.807) is 13.2 Å². The van der Waals surface area contributed by atoms with Gasteiger partial charge in [0.2, 0.25) is 0 Å². The van der Waals surface area contributed by atoms with Gasteiger partial charge in [0.1, 0.15) is 5.75 Å². The summed E-state index contributed by atoms with van der Waals surface area (Å²) in [6.07, 6.45) is 6.57. The van der Waals surface area contributed by atoms with Crippen LogP contribution in [-0.2, 0) is 6.54 Å². The number of rotatable bonds is 6. The van der Waals surface area contributed by atoms with Crippen LogP contribution >= 0.6 is 0 Å². The van der Waals surface area contributed by atoms with Crippen molar-refractivity contribution in [3.63, 3.8) is 0 Å². The molecule has 3 heterocycles. The summed E-state index contributed by atoms with van der Waals surface area (Å²) in [7, 11) is 1.64. The number of hydrogen-bond donors (Lipinski definition) is 1. The van der Waals surface area contributed by atoms with Gasteiger partial charge in [-0.25, -0.2) is 9.78 Å². The van der Waals surface area contributed by atoms with Crippen LogP contribution < -0.4 is 16.0 Å². The molecule has 8 heteroatoms. The number of methoxy groups -OCH3 is 1. The fraction of sp³-hybridized carbons (Fsp3) is 0.481. The highest BCUT2D eigenvalue weighted by Crippen LogP contribution is 2.40. The molecule has 0 spiro atoms. The number of ether oxygens (including phenoxy) is 1. The lowest BCUT2D eigenvalue weighted by atomic mass is 9.99. The van der Waals surface area contributed by atoms with E-state index in [1.165, 1.54) is 4.57 Å². The summed E-state index contributed by atoms with van der Waals surface area (Å²) < 4.78 is 6.82. The molecule has 8 nitrogen and oxygen atoms in total. The van der Waals surface area contributed by atoms with Crippen LogP contribution in [0.5, 0.6) is 5.75 Å². The third-order valence-corrected chi connectivity index (χ3v) is 7.16. The molecular formula is C27H32N4O4. The number of nitrogens with zero attached hydrogens (tertiary/aromatic N) is 3. The molecule has 1 unspecified atom stereocenters. The molecule has 1 aliphatic heterocycles. The van der Waals surface area contributed by atoms with Gasteiger partial charge in [-0.1, -0.05) is 31.9 Å². The lowest BCUT2D eigenvalue weighted by Gasteiger charge is -2.31. The molecule has 2 aliphatic rings. The molecule has 1 saturated carbocycles. The molecule has 2 aromatic heterocycles. The Kier molecular flexibility index (Phi) is 6.45. The Morgan fingerprint density at radius 1 is 1.11 bits per heavy atom. The van der Waals surface area contributed by atoms with Crippen LogP contribution in [0.4, 0.5) is 0 Å². The Balaban J connectivity index is 1.66. The van der Waals surface area contributed by atoms with E-state index in [0.717, 1.165) is 55.5 Å². The maximum atomic E-state index is 14.2. The van der Waals surface area contributed by atoms with Crippen molar-refractivity contribution in [2.45, 2.75) is 70.4 Å². The zero-order chi connectivity index (χ0) is 24.5. The molecule has 5 rings (SSSR count). The third-order valence-electron chi connectivity index (χ3n) is 7.16. The normalized spacial score (nSPS) is 18.5.